The van der Waals surface area contributed by atoms with Crippen LogP contribution in [0.2, 0.25) is 18.1 Å². The summed E-state index contributed by atoms with van der Waals surface area (Å²) in [6.07, 6.45) is 1.26. The molecule has 1 aliphatic heterocycles. The SMILES string of the molecule is C=CC1OCc2ccccc2[C@H](O[Si](C)(C)C(C)(C)C)CO1. The van der Waals surface area contributed by atoms with Gasteiger partial charge in [-0.2, -0.15) is 0 Å². The second-order valence-corrected chi connectivity index (χ2v) is 12.1. The molecule has 1 aliphatic rings. The minimum absolute atomic E-state index is 0.0524. The largest absolute Gasteiger partial charge is 0.408 e. The summed E-state index contributed by atoms with van der Waals surface area (Å²) in [6, 6.07) is 8.31. The maximum atomic E-state index is 6.62. The van der Waals surface area contributed by atoms with E-state index in [-0.39, 0.29) is 17.4 Å². The molecule has 1 aromatic rings. The second kappa shape index (κ2) is 6.67. The molecule has 0 bridgehead atoms. The van der Waals surface area contributed by atoms with Crippen LogP contribution in [0.15, 0.2) is 36.9 Å². The molecule has 4 heteroatoms. The molecule has 2 atom stereocenters. The van der Waals surface area contributed by atoms with E-state index in [1.54, 1.807) is 6.08 Å². The molecule has 22 heavy (non-hydrogen) atoms. The summed E-state index contributed by atoms with van der Waals surface area (Å²) in [7, 11) is -1.88. The monoisotopic (exact) mass is 320 g/mol. The molecule has 2 rings (SSSR count). The fourth-order valence-electron chi connectivity index (χ4n) is 2.24. The van der Waals surface area contributed by atoms with Gasteiger partial charge in [0.05, 0.1) is 19.3 Å². The van der Waals surface area contributed by atoms with Gasteiger partial charge in [0.1, 0.15) is 0 Å². The fourth-order valence-corrected chi connectivity index (χ4v) is 3.50. The van der Waals surface area contributed by atoms with Crippen molar-refractivity contribution in [2.24, 2.45) is 0 Å². The molecular weight excluding hydrogens is 292 g/mol. The minimum atomic E-state index is -1.88. The molecule has 0 aliphatic carbocycles. The molecule has 0 fully saturated rings. The number of benzene rings is 1. The lowest BCUT2D eigenvalue weighted by Gasteiger charge is -2.40. The van der Waals surface area contributed by atoms with Gasteiger partial charge in [0.2, 0.25) is 0 Å². The third-order valence-corrected chi connectivity index (χ3v) is 9.14. The Kier molecular flexibility index (Phi) is 5.28. The third kappa shape index (κ3) is 3.87. The molecule has 0 aromatic heterocycles. The van der Waals surface area contributed by atoms with Gasteiger partial charge in [0.15, 0.2) is 14.6 Å². The van der Waals surface area contributed by atoms with Gasteiger partial charge in [0.25, 0.3) is 0 Å². The van der Waals surface area contributed by atoms with E-state index in [4.69, 9.17) is 13.9 Å². The van der Waals surface area contributed by atoms with Crippen LogP contribution in [0.25, 0.3) is 0 Å². The predicted octanol–water partition coefficient (Wildman–Crippen LogP) is 4.81. The van der Waals surface area contributed by atoms with Crippen molar-refractivity contribution in [3.05, 3.63) is 48.0 Å². The van der Waals surface area contributed by atoms with Crippen molar-refractivity contribution in [2.45, 2.75) is 57.9 Å². The first-order valence-corrected chi connectivity index (χ1v) is 10.8. The summed E-state index contributed by atoms with van der Waals surface area (Å²) >= 11 is 0. The zero-order valence-corrected chi connectivity index (χ0v) is 15.4. The standard InChI is InChI=1S/C18H28O3Si/c1-7-17-19-12-14-10-8-9-11-15(14)16(13-20-17)21-22(5,6)18(2,3)4/h7-11,16-17H,1,12-13H2,2-6H3/t16-,17?/m1/s1. The third-order valence-electron chi connectivity index (χ3n) is 4.65. The van der Waals surface area contributed by atoms with Gasteiger partial charge in [-0.3, -0.25) is 0 Å². The average Bonchev–Trinajstić information content (AvgIpc) is 2.43. The molecule has 0 radical (unpaired) electrons. The minimum Gasteiger partial charge on any atom is -0.408 e. The number of rotatable bonds is 3. The van der Waals surface area contributed by atoms with Crippen LogP contribution < -0.4 is 0 Å². The van der Waals surface area contributed by atoms with Gasteiger partial charge >= 0.3 is 0 Å². The van der Waals surface area contributed by atoms with Crippen LogP contribution in [0.3, 0.4) is 0 Å². The van der Waals surface area contributed by atoms with Gasteiger partial charge in [-0.15, -0.1) is 0 Å². The van der Waals surface area contributed by atoms with Crippen LogP contribution in [0.5, 0.6) is 0 Å². The smallest absolute Gasteiger partial charge is 0.193 e. The van der Waals surface area contributed by atoms with Crippen LogP contribution in [0.4, 0.5) is 0 Å². The molecule has 1 unspecified atom stereocenters. The van der Waals surface area contributed by atoms with E-state index in [1.165, 1.54) is 11.1 Å². The lowest BCUT2D eigenvalue weighted by molar-refractivity contribution is -0.141. The number of hydrogen-bond acceptors (Lipinski definition) is 3. The Labute approximate surface area is 135 Å². The van der Waals surface area contributed by atoms with Crippen molar-refractivity contribution >= 4 is 8.32 Å². The molecule has 0 spiro atoms. The van der Waals surface area contributed by atoms with Crippen molar-refractivity contribution < 1.29 is 13.9 Å². The molecule has 0 amide bonds. The van der Waals surface area contributed by atoms with E-state index in [9.17, 15) is 0 Å². The second-order valence-electron chi connectivity index (χ2n) is 7.31. The molecule has 0 saturated carbocycles. The van der Waals surface area contributed by atoms with Crippen molar-refractivity contribution in [3.8, 4) is 0 Å². The van der Waals surface area contributed by atoms with Crippen molar-refractivity contribution in [3.63, 3.8) is 0 Å². The first-order chi connectivity index (χ1) is 10.2. The highest BCUT2D eigenvalue weighted by atomic mass is 28.4. The van der Waals surface area contributed by atoms with E-state index in [1.807, 2.05) is 12.1 Å². The first kappa shape index (κ1) is 17.4. The number of fused-ring (bicyclic) bond motifs is 1. The highest BCUT2D eigenvalue weighted by Crippen LogP contribution is 2.40. The van der Waals surface area contributed by atoms with Gasteiger partial charge in [-0.25, -0.2) is 0 Å². The van der Waals surface area contributed by atoms with Crippen molar-refractivity contribution in [2.75, 3.05) is 6.61 Å². The van der Waals surface area contributed by atoms with Crippen LogP contribution in [-0.4, -0.2) is 21.2 Å². The molecule has 1 heterocycles. The summed E-state index contributed by atoms with van der Waals surface area (Å²) < 4.78 is 18.2. The molecular formula is C18H28O3Si. The topological polar surface area (TPSA) is 27.7 Å². The van der Waals surface area contributed by atoms with Crippen LogP contribution in [0, 0.1) is 0 Å². The lowest BCUT2D eigenvalue weighted by Crippen LogP contribution is -2.43. The van der Waals surface area contributed by atoms with E-state index in [0.717, 1.165) is 0 Å². The Morgan fingerprint density at radius 1 is 1.23 bits per heavy atom. The Morgan fingerprint density at radius 2 is 1.91 bits per heavy atom. The molecule has 0 saturated heterocycles. The predicted molar refractivity (Wildman–Crippen MR) is 92.2 cm³/mol. The Balaban J connectivity index is 2.31. The molecule has 122 valence electrons. The van der Waals surface area contributed by atoms with E-state index >= 15 is 0 Å². The van der Waals surface area contributed by atoms with Crippen LogP contribution >= 0.6 is 0 Å². The average molecular weight is 321 g/mol. The van der Waals surface area contributed by atoms with Gasteiger partial charge < -0.3 is 13.9 Å². The van der Waals surface area contributed by atoms with Gasteiger partial charge in [-0.1, -0.05) is 51.6 Å². The molecule has 0 N–H and O–H groups in total. The molecule has 1 aromatic carbocycles. The first-order valence-electron chi connectivity index (χ1n) is 7.86. The zero-order valence-electron chi connectivity index (χ0n) is 14.4. The fraction of sp³-hybridized carbons (Fsp3) is 0.556. The normalized spacial score (nSPS) is 23.3. The number of hydrogen-bond donors (Lipinski definition) is 0. The van der Waals surface area contributed by atoms with E-state index in [2.05, 4.69) is 52.6 Å². The van der Waals surface area contributed by atoms with E-state index in [0.29, 0.717) is 13.2 Å². The molecule has 3 nitrogen and oxygen atoms in total. The maximum absolute atomic E-state index is 6.62. The summed E-state index contributed by atoms with van der Waals surface area (Å²) in [5, 5.41) is 0.165. The van der Waals surface area contributed by atoms with E-state index < -0.39 is 8.32 Å². The highest BCUT2D eigenvalue weighted by molar-refractivity contribution is 6.74. The van der Waals surface area contributed by atoms with Gasteiger partial charge in [-0.05, 0) is 35.3 Å². The summed E-state index contributed by atoms with van der Waals surface area (Å²) in [5.74, 6) is 0. The number of ether oxygens (including phenoxy) is 2. The summed E-state index contributed by atoms with van der Waals surface area (Å²) in [6.45, 7) is 16.1. The maximum Gasteiger partial charge on any atom is 0.193 e. The zero-order chi connectivity index (χ0) is 16.4. The Morgan fingerprint density at radius 3 is 2.55 bits per heavy atom. The van der Waals surface area contributed by atoms with Crippen molar-refractivity contribution in [1.82, 2.24) is 0 Å². The Bertz CT molecular complexity index is 519. The summed E-state index contributed by atoms with van der Waals surface area (Å²) in [4.78, 5) is 0. The van der Waals surface area contributed by atoms with Crippen molar-refractivity contribution in [1.29, 1.82) is 0 Å². The lowest BCUT2D eigenvalue weighted by atomic mass is 10.0. The van der Waals surface area contributed by atoms with Crippen LogP contribution in [0.1, 0.15) is 38.0 Å². The summed E-state index contributed by atoms with van der Waals surface area (Å²) in [5.41, 5.74) is 2.34. The quantitative estimate of drug-likeness (QED) is 0.591. The highest BCUT2D eigenvalue weighted by Gasteiger charge is 2.40. The van der Waals surface area contributed by atoms with Crippen LogP contribution in [-0.2, 0) is 20.5 Å². The van der Waals surface area contributed by atoms with Gasteiger partial charge in [0, 0.05) is 0 Å². The Hall–Kier alpha value is -0.943.